The molecule has 0 unspecified atom stereocenters. The van der Waals surface area contributed by atoms with Crippen LogP contribution in [0.4, 0.5) is 10.2 Å². The van der Waals surface area contributed by atoms with Crippen LogP contribution in [-0.4, -0.2) is 32.4 Å². The Balaban J connectivity index is 1.53. The van der Waals surface area contributed by atoms with Gasteiger partial charge in [-0.05, 0) is 42.2 Å². The number of nitrogens with one attached hydrogen (secondary N) is 2. The van der Waals surface area contributed by atoms with Gasteiger partial charge >= 0.3 is 0 Å². The highest BCUT2D eigenvalue weighted by Crippen LogP contribution is 2.24. The SMILES string of the molecule is [B]c1cnn2c(NCc3ccc4nc(C)[nH]c4c3)cc(-c3ccccc3F)nc12. The van der Waals surface area contributed by atoms with Gasteiger partial charge in [-0.3, -0.25) is 0 Å². The topological polar surface area (TPSA) is 70.9 Å². The molecule has 0 spiro atoms. The summed E-state index contributed by atoms with van der Waals surface area (Å²) in [7, 11) is 6.02. The number of fused-ring (bicyclic) bond motifs is 2. The average molecular weight is 382 g/mol. The van der Waals surface area contributed by atoms with Crippen LogP contribution in [0.1, 0.15) is 11.4 Å². The molecule has 3 heterocycles. The first-order chi connectivity index (χ1) is 14.1. The first-order valence-electron chi connectivity index (χ1n) is 9.17. The number of benzene rings is 2. The smallest absolute Gasteiger partial charge is 0.150 e. The van der Waals surface area contributed by atoms with Gasteiger partial charge in [-0.1, -0.05) is 18.2 Å². The maximum absolute atomic E-state index is 14.3. The van der Waals surface area contributed by atoms with Gasteiger partial charge < -0.3 is 10.3 Å². The van der Waals surface area contributed by atoms with Gasteiger partial charge in [0.15, 0.2) is 5.65 Å². The van der Waals surface area contributed by atoms with E-state index in [1.165, 1.54) is 12.3 Å². The van der Waals surface area contributed by atoms with E-state index in [1.54, 1.807) is 28.8 Å². The minimum atomic E-state index is -0.339. The van der Waals surface area contributed by atoms with Crippen LogP contribution in [-0.2, 0) is 6.54 Å². The third-order valence-corrected chi connectivity index (χ3v) is 4.79. The molecule has 0 aliphatic rings. The van der Waals surface area contributed by atoms with Crippen LogP contribution in [0, 0.1) is 12.7 Å². The molecule has 2 radical (unpaired) electrons. The number of nitrogens with zero attached hydrogens (tertiary/aromatic N) is 4. The van der Waals surface area contributed by atoms with E-state index in [0.29, 0.717) is 34.7 Å². The van der Waals surface area contributed by atoms with E-state index in [2.05, 4.69) is 31.4 Å². The Morgan fingerprint density at radius 1 is 1.14 bits per heavy atom. The van der Waals surface area contributed by atoms with Crippen molar-refractivity contribution < 1.29 is 4.39 Å². The molecule has 0 saturated carbocycles. The molecule has 0 bridgehead atoms. The predicted molar refractivity (Wildman–Crippen MR) is 112 cm³/mol. The maximum Gasteiger partial charge on any atom is 0.150 e. The summed E-state index contributed by atoms with van der Waals surface area (Å²) < 4.78 is 15.9. The normalized spacial score (nSPS) is 11.4. The zero-order chi connectivity index (χ0) is 20.0. The van der Waals surface area contributed by atoms with Gasteiger partial charge in [0.2, 0.25) is 0 Å². The number of aryl methyl sites for hydroxylation is 1. The first kappa shape index (κ1) is 17.4. The molecule has 5 rings (SSSR count). The average Bonchev–Trinajstić information content (AvgIpc) is 3.28. The van der Waals surface area contributed by atoms with Crippen LogP contribution in [0.15, 0.2) is 54.7 Å². The van der Waals surface area contributed by atoms with Crippen molar-refractivity contribution in [2.45, 2.75) is 13.5 Å². The molecule has 2 aromatic carbocycles. The molecule has 0 aliphatic carbocycles. The largest absolute Gasteiger partial charge is 0.366 e. The van der Waals surface area contributed by atoms with Gasteiger partial charge in [0.25, 0.3) is 0 Å². The number of aromatic amines is 1. The lowest BCUT2D eigenvalue weighted by Gasteiger charge is -2.12. The number of halogens is 1. The molecule has 0 aliphatic heterocycles. The van der Waals surface area contributed by atoms with Gasteiger partial charge in [-0.15, -0.1) is 0 Å². The number of H-pyrrole nitrogens is 1. The van der Waals surface area contributed by atoms with Crippen LogP contribution >= 0.6 is 0 Å². The standard InChI is InChI=1S/C21H16BFN6/c1-12-26-17-7-6-13(8-19(17)27-12)10-24-20-9-18(14-4-2-3-5-16(14)23)28-21-15(22)11-25-29(20)21/h2-9,11,24H,10H2,1H3,(H,26,27). The summed E-state index contributed by atoms with van der Waals surface area (Å²) in [6.07, 6.45) is 1.54. The predicted octanol–water partition coefficient (Wildman–Crippen LogP) is 3.13. The fraction of sp³-hybridized carbons (Fsp3) is 0.0952. The monoisotopic (exact) mass is 382 g/mol. The maximum atomic E-state index is 14.3. The summed E-state index contributed by atoms with van der Waals surface area (Å²) >= 11 is 0. The molecule has 5 aromatic rings. The fourth-order valence-corrected chi connectivity index (χ4v) is 3.40. The number of aromatic nitrogens is 5. The van der Waals surface area contributed by atoms with Crippen LogP contribution in [0.2, 0.25) is 0 Å². The minimum Gasteiger partial charge on any atom is -0.366 e. The van der Waals surface area contributed by atoms with Crippen LogP contribution in [0.5, 0.6) is 0 Å². The zero-order valence-corrected chi connectivity index (χ0v) is 15.6. The van der Waals surface area contributed by atoms with Crippen LogP contribution in [0.3, 0.4) is 0 Å². The van der Waals surface area contributed by atoms with E-state index < -0.39 is 0 Å². The molecule has 6 nitrogen and oxygen atoms in total. The summed E-state index contributed by atoms with van der Waals surface area (Å²) in [6.45, 7) is 2.47. The Bertz CT molecular complexity index is 1360. The Hall–Kier alpha value is -3.68. The highest BCUT2D eigenvalue weighted by atomic mass is 19.1. The van der Waals surface area contributed by atoms with Crippen molar-refractivity contribution in [1.29, 1.82) is 0 Å². The van der Waals surface area contributed by atoms with E-state index in [-0.39, 0.29) is 5.82 Å². The lowest BCUT2D eigenvalue weighted by atomic mass is 10.0. The van der Waals surface area contributed by atoms with Gasteiger partial charge in [0.05, 0.1) is 16.7 Å². The highest BCUT2D eigenvalue weighted by Gasteiger charge is 2.13. The van der Waals surface area contributed by atoms with Crippen molar-refractivity contribution >= 4 is 35.8 Å². The van der Waals surface area contributed by atoms with Gasteiger partial charge in [0.1, 0.15) is 25.3 Å². The Kier molecular flexibility index (Phi) is 4.05. The zero-order valence-electron chi connectivity index (χ0n) is 15.6. The van der Waals surface area contributed by atoms with E-state index >= 15 is 0 Å². The molecule has 0 saturated heterocycles. The number of imidazole rings is 1. The first-order valence-corrected chi connectivity index (χ1v) is 9.17. The van der Waals surface area contributed by atoms with Crippen molar-refractivity contribution in [2.24, 2.45) is 0 Å². The summed E-state index contributed by atoms with van der Waals surface area (Å²) in [6, 6.07) is 14.4. The van der Waals surface area contributed by atoms with E-state index in [4.69, 9.17) is 7.85 Å². The Morgan fingerprint density at radius 3 is 2.86 bits per heavy atom. The van der Waals surface area contributed by atoms with Gasteiger partial charge in [-0.2, -0.15) is 9.61 Å². The molecule has 0 fully saturated rings. The summed E-state index contributed by atoms with van der Waals surface area (Å²) in [5.41, 5.74) is 4.79. The van der Waals surface area contributed by atoms with Crippen molar-refractivity contribution in [3.63, 3.8) is 0 Å². The molecule has 2 N–H and O–H groups in total. The second-order valence-corrected chi connectivity index (χ2v) is 6.87. The summed E-state index contributed by atoms with van der Waals surface area (Å²) in [5, 5.41) is 7.66. The Labute approximate surface area is 167 Å². The van der Waals surface area contributed by atoms with Gasteiger partial charge in [0, 0.05) is 24.4 Å². The van der Waals surface area contributed by atoms with E-state index in [9.17, 15) is 4.39 Å². The van der Waals surface area contributed by atoms with Crippen LogP contribution < -0.4 is 10.8 Å². The fourth-order valence-electron chi connectivity index (χ4n) is 3.40. The number of hydrogen-bond acceptors (Lipinski definition) is 4. The highest BCUT2D eigenvalue weighted by molar-refractivity contribution is 6.36. The second kappa shape index (κ2) is 6.74. The summed E-state index contributed by atoms with van der Waals surface area (Å²) in [5.74, 6) is 1.21. The number of rotatable bonds is 4. The third kappa shape index (κ3) is 3.12. The van der Waals surface area contributed by atoms with E-state index in [0.717, 1.165) is 22.4 Å². The van der Waals surface area contributed by atoms with Crippen molar-refractivity contribution in [3.8, 4) is 11.3 Å². The minimum absolute atomic E-state index is 0.339. The molecule has 0 atom stereocenters. The molecule has 3 aromatic heterocycles. The molecule has 140 valence electrons. The molecule has 0 amide bonds. The van der Waals surface area contributed by atoms with Crippen molar-refractivity contribution in [3.05, 3.63) is 71.9 Å². The second-order valence-electron chi connectivity index (χ2n) is 6.87. The quantitative estimate of drug-likeness (QED) is 0.469. The molecule has 8 heteroatoms. The summed E-state index contributed by atoms with van der Waals surface area (Å²) in [4.78, 5) is 12.2. The molecule has 29 heavy (non-hydrogen) atoms. The Morgan fingerprint density at radius 2 is 2.00 bits per heavy atom. The van der Waals surface area contributed by atoms with Crippen LogP contribution in [0.25, 0.3) is 27.9 Å². The molecular weight excluding hydrogens is 366 g/mol. The van der Waals surface area contributed by atoms with E-state index in [1.807, 2.05) is 19.1 Å². The molecular formula is C21H16BFN6. The lowest BCUT2D eigenvalue weighted by molar-refractivity contribution is 0.630. The van der Waals surface area contributed by atoms with Crippen molar-refractivity contribution in [2.75, 3.05) is 5.32 Å². The van der Waals surface area contributed by atoms with Gasteiger partial charge in [-0.25, -0.2) is 14.4 Å². The number of hydrogen-bond donors (Lipinski definition) is 2. The lowest BCUT2D eigenvalue weighted by Crippen LogP contribution is -2.09. The third-order valence-electron chi connectivity index (χ3n) is 4.79. The number of anilines is 1. The van der Waals surface area contributed by atoms with Crippen molar-refractivity contribution in [1.82, 2.24) is 24.6 Å².